The fraction of sp³-hybridized carbons (Fsp3) is 0.368. The summed E-state index contributed by atoms with van der Waals surface area (Å²) in [5.41, 5.74) is 0.892. The van der Waals surface area contributed by atoms with E-state index in [4.69, 9.17) is 4.42 Å². The Kier molecular flexibility index (Phi) is 5.06. The minimum Gasteiger partial charge on any atom is -0.420 e. The number of amides is 1. The fourth-order valence-electron chi connectivity index (χ4n) is 3.36. The van der Waals surface area contributed by atoms with E-state index in [9.17, 15) is 4.79 Å². The maximum Gasteiger partial charge on any atom is 0.261 e. The van der Waals surface area contributed by atoms with Crippen molar-refractivity contribution in [2.45, 2.75) is 31.6 Å². The minimum absolute atomic E-state index is 0.0287. The summed E-state index contributed by atoms with van der Waals surface area (Å²) in [5, 5.41) is 13.4. The van der Waals surface area contributed by atoms with E-state index in [1.807, 2.05) is 29.6 Å². The molecule has 3 aromatic heterocycles. The van der Waals surface area contributed by atoms with E-state index in [1.165, 1.54) is 11.3 Å². The van der Waals surface area contributed by atoms with Gasteiger partial charge in [0.1, 0.15) is 0 Å². The molecule has 6 nitrogen and oxygen atoms in total. The summed E-state index contributed by atoms with van der Waals surface area (Å²) in [6.07, 6.45) is 7.57. The molecule has 1 fully saturated rings. The molecule has 1 amide bonds. The second-order valence-corrected chi connectivity index (χ2v) is 7.53. The topological polar surface area (TPSA) is 80.9 Å². The van der Waals surface area contributed by atoms with Gasteiger partial charge in [-0.3, -0.25) is 9.78 Å². The average Bonchev–Trinajstić information content (AvgIpc) is 3.39. The number of carbonyl (C=O) groups excluding carboxylic acids is 1. The van der Waals surface area contributed by atoms with Crippen molar-refractivity contribution in [1.82, 2.24) is 20.5 Å². The summed E-state index contributed by atoms with van der Waals surface area (Å²) >= 11 is 1.47. The molecule has 0 aliphatic heterocycles. The van der Waals surface area contributed by atoms with E-state index in [0.717, 1.165) is 48.6 Å². The molecular weight excluding hydrogens is 348 g/mol. The van der Waals surface area contributed by atoms with Crippen LogP contribution < -0.4 is 5.32 Å². The maximum absolute atomic E-state index is 12.0. The molecule has 134 valence electrons. The van der Waals surface area contributed by atoms with Gasteiger partial charge in [0, 0.05) is 30.4 Å². The summed E-state index contributed by atoms with van der Waals surface area (Å²) in [5.74, 6) is 2.12. The number of pyridine rings is 1. The molecule has 0 radical (unpaired) electrons. The SMILES string of the molecule is O=C(NCC1CCC(c2nnc(-c3ccncc3)o2)CC1)c1cccs1. The van der Waals surface area contributed by atoms with Crippen molar-refractivity contribution in [2.24, 2.45) is 5.92 Å². The van der Waals surface area contributed by atoms with Gasteiger partial charge in [-0.15, -0.1) is 21.5 Å². The molecule has 1 N–H and O–H groups in total. The number of nitrogens with zero attached hydrogens (tertiary/aromatic N) is 3. The lowest BCUT2D eigenvalue weighted by atomic mass is 9.82. The van der Waals surface area contributed by atoms with E-state index in [1.54, 1.807) is 12.4 Å². The number of hydrogen-bond donors (Lipinski definition) is 1. The van der Waals surface area contributed by atoms with Gasteiger partial charge in [-0.2, -0.15) is 0 Å². The van der Waals surface area contributed by atoms with Crippen LogP contribution in [0, 0.1) is 5.92 Å². The third-order valence-electron chi connectivity index (χ3n) is 4.86. The highest BCUT2D eigenvalue weighted by Crippen LogP contribution is 2.35. The van der Waals surface area contributed by atoms with Crippen LogP contribution in [-0.2, 0) is 0 Å². The lowest BCUT2D eigenvalue weighted by Crippen LogP contribution is -2.30. The predicted molar refractivity (Wildman–Crippen MR) is 98.9 cm³/mol. The molecule has 0 bridgehead atoms. The number of carbonyl (C=O) groups is 1. The zero-order valence-corrected chi connectivity index (χ0v) is 15.1. The largest absolute Gasteiger partial charge is 0.420 e. The third-order valence-corrected chi connectivity index (χ3v) is 5.73. The van der Waals surface area contributed by atoms with E-state index in [-0.39, 0.29) is 5.91 Å². The normalized spacial score (nSPS) is 20.0. The van der Waals surface area contributed by atoms with Crippen molar-refractivity contribution in [3.63, 3.8) is 0 Å². The summed E-state index contributed by atoms with van der Waals surface area (Å²) < 4.78 is 5.87. The van der Waals surface area contributed by atoms with Crippen molar-refractivity contribution in [1.29, 1.82) is 0 Å². The van der Waals surface area contributed by atoms with Gasteiger partial charge in [0.25, 0.3) is 5.91 Å². The van der Waals surface area contributed by atoms with E-state index >= 15 is 0 Å². The minimum atomic E-state index is 0.0287. The van der Waals surface area contributed by atoms with Crippen LogP contribution in [0.5, 0.6) is 0 Å². The van der Waals surface area contributed by atoms with Crippen molar-refractivity contribution in [2.75, 3.05) is 6.54 Å². The van der Waals surface area contributed by atoms with Gasteiger partial charge in [0.2, 0.25) is 11.8 Å². The van der Waals surface area contributed by atoms with E-state index in [2.05, 4.69) is 20.5 Å². The van der Waals surface area contributed by atoms with Crippen molar-refractivity contribution < 1.29 is 9.21 Å². The molecule has 3 heterocycles. The summed E-state index contributed by atoms with van der Waals surface area (Å²) in [6.45, 7) is 0.732. The molecule has 4 rings (SSSR count). The highest BCUT2D eigenvalue weighted by molar-refractivity contribution is 7.12. The standard InChI is InChI=1S/C19H20N4O2S/c24-17(16-2-1-11-26-16)21-12-13-3-5-14(6-4-13)18-22-23-19(25-18)15-7-9-20-10-8-15/h1-2,7-11,13-14H,3-6,12H2,(H,21,24). The number of nitrogens with one attached hydrogen (secondary N) is 1. The molecule has 26 heavy (non-hydrogen) atoms. The summed E-state index contributed by atoms with van der Waals surface area (Å²) in [7, 11) is 0. The Bertz CT molecular complexity index is 840. The molecule has 0 unspecified atom stereocenters. The molecule has 7 heteroatoms. The van der Waals surface area contributed by atoms with Gasteiger partial charge in [0.05, 0.1) is 4.88 Å². The molecule has 0 aromatic carbocycles. The Morgan fingerprint density at radius 1 is 1.15 bits per heavy atom. The number of rotatable bonds is 5. The molecule has 0 spiro atoms. The Hall–Kier alpha value is -2.54. The van der Waals surface area contributed by atoms with Gasteiger partial charge in [-0.1, -0.05) is 6.07 Å². The van der Waals surface area contributed by atoms with Crippen LogP contribution in [0.1, 0.15) is 47.2 Å². The highest BCUT2D eigenvalue weighted by atomic mass is 32.1. The Morgan fingerprint density at radius 3 is 2.69 bits per heavy atom. The monoisotopic (exact) mass is 368 g/mol. The first-order valence-corrected chi connectivity index (χ1v) is 9.73. The molecule has 0 atom stereocenters. The molecule has 1 saturated carbocycles. The first-order chi connectivity index (χ1) is 12.8. The maximum atomic E-state index is 12.0. The second kappa shape index (κ2) is 7.78. The predicted octanol–water partition coefficient (Wildman–Crippen LogP) is 3.90. The van der Waals surface area contributed by atoms with Crippen LogP contribution in [0.3, 0.4) is 0 Å². The fourth-order valence-corrected chi connectivity index (χ4v) is 4.00. The van der Waals surface area contributed by atoms with Crippen molar-refractivity contribution >= 4 is 17.2 Å². The van der Waals surface area contributed by atoms with E-state index < -0.39 is 0 Å². The second-order valence-electron chi connectivity index (χ2n) is 6.59. The number of hydrogen-bond acceptors (Lipinski definition) is 6. The zero-order chi connectivity index (χ0) is 17.8. The van der Waals surface area contributed by atoms with Gasteiger partial charge < -0.3 is 9.73 Å². The first-order valence-electron chi connectivity index (χ1n) is 8.85. The van der Waals surface area contributed by atoms with Gasteiger partial charge in [-0.05, 0) is 55.2 Å². The van der Waals surface area contributed by atoms with Crippen LogP contribution in [0.15, 0.2) is 46.5 Å². The van der Waals surface area contributed by atoms with Gasteiger partial charge in [0.15, 0.2) is 0 Å². The van der Waals surface area contributed by atoms with Crippen molar-refractivity contribution in [3.05, 3.63) is 52.8 Å². The number of thiophene rings is 1. The Balaban J connectivity index is 1.29. The first kappa shape index (κ1) is 16.9. The molecule has 0 saturated heterocycles. The molecule has 1 aliphatic carbocycles. The van der Waals surface area contributed by atoms with E-state index in [0.29, 0.717) is 17.7 Å². The van der Waals surface area contributed by atoms with Crippen LogP contribution in [0.4, 0.5) is 0 Å². The molecular formula is C19H20N4O2S. The quantitative estimate of drug-likeness (QED) is 0.739. The Labute approximate surface area is 155 Å². The lowest BCUT2D eigenvalue weighted by molar-refractivity contribution is 0.0946. The van der Waals surface area contributed by atoms with Crippen molar-refractivity contribution in [3.8, 4) is 11.5 Å². The number of aromatic nitrogens is 3. The third kappa shape index (κ3) is 3.83. The summed E-state index contributed by atoms with van der Waals surface area (Å²) in [6, 6.07) is 7.48. The van der Waals surface area contributed by atoms with Crippen LogP contribution in [0.2, 0.25) is 0 Å². The Morgan fingerprint density at radius 2 is 1.96 bits per heavy atom. The summed E-state index contributed by atoms with van der Waals surface area (Å²) in [4.78, 5) is 16.8. The van der Waals surface area contributed by atoms with Gasteiger partial charge in [-0.25, -0.2) is 0 Å². The van der Waals surface area contributed by atoms with Crippen LogP contribution >= 0.6 is 11.3 Å². The smallest absolute Gasteiger partial charge is 0.261 e. The zero-order valence-electron chi connectivity index (χ0n) is 14.3. The molecule has 3 aromatic rings. The lowest BCUT2D eigenvalue weighted by Gasteiger charge is -2.26. The van der Waals surface area contributed by atoms with Crippen LogP contribution in [0.25, 0.3) is 11.5 Å². The average molecular weight is 368 g/mol. The van der Waals surface area contributed by atoms with Gasteiger partial charge >= 0.3 is 0 Å². The highest BCUT2D eigenvalue weighted by Gasteiger charge is 2.26. The van der Waals surface area contributed by atoms with Crippen LogP contribution in [-0.4, -0.2) is 27.6 Å². The molecule has 1 aliphatic rings.